The quantitative estimate of drug-likeness (QED) is 0.854. The first-order chi connectivity index (χ1) is 9.10. The lowest BCUT2D eigenvalue weighted by molar-refractivity contribution is 0.414. The van der Waals surface area contributed by atoms with Crippen molar-refractivity contribution in [1.82, 2.24) is 9.78 Å². The minimum Gasteiger partial charge on any atom is -0.497 e. The van der Waals surface area contributed by atoms with E-state index in [4.69, 9.17) is 10.5 Å². The normalized spacial score (nSPS) is 14.1. The average Bonchev–Trinajstić information content (AvgIpc) is 2.81. The second-order valence-electron chi connectivity index (χ2n) is 4.52. The summed E-state index contributed by atoms with van der Waals surface area (Å²) >= 11 is 1.73. The van der Waals surface area contributed by atoms with Gasteiger partial charge < -0.3 is 10.5 Å². The Labute approximate surface area is 117 Å². The van der Waals surface area contributed by atoms with Crippen LogP contribution in [0.15, 0.2) is 41.6 Å². The fourth-order valence-corrected chi connectivity index (χ4v) is 3.02. The fraction of sp³-hybridized carbons (Fsp3) is 0.357. The van der Waals surface area contributed by atoms with E-state index in [1.807, 2.05) is 44.6 Å². The van der Waals surface area contributed by atoms with Crippen LogP contribution in [0.5, 0.6) is 5.75 Å². The Morgan fingerprint density at radius 2 is 2.21 bits per heavy atom. The molecule has 0 saturated carbocycles. The van der Waals surface area contributed by atoms with Crippen LogP contribution in [0.4, 0.5) is 0 Å². The number of nitrogens with zero attached hydrogens (tertiary/aromatic N) is 2. The molecule has 0 radical (unpaired) electrons. The molecule has 2 aromatic rings. The van der Waals surface area contributed by atoms with Gasteiger partial charge in [-0.25, -0.2) is 0 Å². The molecule has 0 aliphatic carbocycles. The largest absolute Gasteiger partial charge is 0.497 e. The number of benzene rings is 1. The Hall–Kier alpha value is -1.46. The van der Waals surface area contributed by atoms with E-state index < -0.39 is 0 Å². The predicted molar refractivity (Wildman–Crippen MR) is 78.4 cm³/mol. The van der Waals surface area contributed by atoms with E-state index in [-0.39, 0.29) is 11.3 Å². The average molecular weight is 277 g/mol. The molecule has 0 aliphatic rings. The SMILES string of the molecule is COc1cccc(C(Sc2cnn(C)c2)C(C)N)c1. The highest BCUT2D eigenvalue weighted by Gasteiger charge is 2.19. The summed E-state index contributed by atoms with van der Waals surface area (Å²) < 4.78 is 7.07. The highest BCUT2D eigenvalue weighted by molar-refractivity contribution is 7.99. The lowest BCUT2D eigenvalue weighted by Crippen LogP contribution is -2.22. The van der Waals surface area contributed by atoms with E-state index in [2.05, 4.69) is 11.2 Å². The summed E-state index contributed by atoms with van der Waals surface area (Å²) in [6.07, 6.45) is 3.86. The van der Waals surface area contributed by atoms with E-state index >= 15 is 0 Å². The van der Waals surface area contributed by atoms with Crippen LogP contribution >= 0.6 is 11.8 Å². The zero-order chi connectivity index (χ0) is 13.8. The Bertz CT molecular complexity index is 539. The summed E-state index contributed by atoms with van der Waals surface area (Å²) in [5.74, 6) is 0.856. The highest BCUT2D eigenvalue weighted by Crippen LogP contribution is 2.37. The third-order valence-corrected chi connectivity index (χ3v) is 4.28. The summed E-state index contributed by atoms with van der Waals surface area (Å²) in [4.78, 5) is 1.12. The van der Waals surface area contributed by atoms with Crippen molar-refractivity contribution in [1.29, 1.82) is 0 Å². The molecule has 0 bridgehead atoms. The summed E-state index contributed by atoms with van der Waals surface area (Å²) in [5, 5.41) is 4.37. The Morgan fingerprint density at radius 1 is 1.42 bits per heavy atom. The van der Waals surface area contributed by atoms with Gasteiger partial charge in [0.05, 0.1) is 13.3 Å². The molecule has 0 saturated heterocycles. The van der Waals surface area contributed by atoms with Crippen LogP contribution in [0.3, 0.4) is 0 Å². The number of aryl methyl sites for hydroxylation is 1. The van der Waals surface area contributed by atoms with Gasteiger partial charge >= 0.3 is 0 Å². The van der Waals surface area contributed by atoms with Crippen LogP contribution in [0.1, 0.15) is 17.7 Å². The molecule has 0 spiro atoms. The number of aromatic nitrogens is 2. The topological polar surface area (TPSA) is 53.1 Å². The molecule has 2 atom stereocenters. The van der Waals surface area contributed by atoms with Crippen LogP contribution < -0.4 is 10.5 Å². The minimum absolute atomic E-state index is 0.0392. The molecular formula is C14H19N3OS. The van der Waals surface area contributed by atoms with Crippen molar-refractivity contribution in [3.8, 4) is 5.75 Å². The summed E-state index contributed by atoms with van der Waals surface area (Å²) in [6, 6.07) is 8.10. The van der Waals surface area contributed by atoms with Crippen molar-refractivity contribution in [2.45, 2.75) is 23.1 Å². The number of rotatable bonds is 5. The lowest BCUT2D eigenvalue weighted by Gasteiger charge is -2.20. The first kappa shape index (κ1) is 14.0. The van der Waals surface area contributed by atoms with Crippen LogP contribution in [-0.4, -0.2) is 22.9 Å². The number of hydrogen-bond acceptors (Lipinski definition) is 4. The van der Waals surface area contributed by atoms with E-state index in [1.165, 1.54) is 5.56 Å². The van der Waals surface area contributed by atoms with Crippen molar-refractivity contribution in [3.05, 3.63) is 42.2 Å². The molecule has 19 heavy (non-hydrogen) atoms. The Morgan fingerprint density at radius 3 is 2.79 bits per heavy atom. The Balaban J connectivity index is 2.24. The molecule has 0 aliphatic heterocycles. The van der Waals surface area contributed by atoms with Crippen LogP contribution in [0, 0.1) is 0 Å². The number of ether oxygens (including phenoxy) is 1. The van der Waals surface area contributed by atoms with E-state index in [0.29, 0.717) is 0 Å². The third-order valence-electron chi connectivity index (χ3n) is 2.84. The molecule has 2 rings (SSSR count). The lowest BCUT2D eigenvalue weighted by atomic mass is 10.1. The van der Waals surface area contributed by atoms with E-state index in [9.17, 15) is 0 Å². The van der Waals surface area contributed by atoms with Crippen LogP contribution in [0.25, 0.3) is 0 Å². The Kier molecular flexibility index (Phi) is 4.50. The molecule has 2 N–H and O–H groups in total. The van der Waals surface area contributed by atoms with Gasteiger partial charge in [0, 0.05) is 29.4 Å². The fourth-order valence-electron chi connectivity index (χ4n) is 1.90. The van der Waals surface area contributed by atoms with Gasteiger partial charge in [-0.2, -0.15) is 5.10 Å². The smallest absolute Gasteiger partial charge is 0.119 e. The van der Waals surface area contributed by atoms with Crippen molar-refractivity contribution in [2.75, 3.05) is 7.11 Å². The molecule has 1 heterocycles. The second kappa shape index (κ2) is 6.12. The van der Waals surface area contributed by atoms with Gasteiger partial charge in [0.2, 0.25) is 0 Å². The zero-order valence-electron chi connectivity index (χ0n) is 11.4. The molecule has 0 amide bonds. The second-order valence-corrected chi connectivity index (χ2v) is 5.74. The first-order valence-corrected chi connectivity index (χ1v) is 7.03. The van der Waals surface area contributed by atoms with E-state index in [0.717, 1.165) is 10.6 Å². The van der Waals surface area contributed by atoms with Gasteiger partial charge in [0.25, 0.3) is 0 Å². The molecule has 1 aromatic carbocycles. The van der Waals surface area contributed by atoms with Gasteiger partial charge in [-0.3, -0.25) is 4.68 Å². The van der Waals surface area contributed by atoms with Crippen molar-refractivity contribution >= 4 is 11.8 Å². The van der Waals surface area contributed by atoms with Gasteiger partial charge in [0.1, 0.15) is 5.75 Å². The molecular weight excluding hydrogens is 258 g/mol. The van der Waals surface area contributed by atoms with Gasteiger partial charge in [-0.05, 0) is 24.6 Å². The van der Waals surface area contributed by atoms with Gasteiger partial charge in [-0.1, -0.05) is 12.1 Å². The number of hydrogen-bond donors (Lipinski definition) is 1. The van der Waals surface area contributed by atoms with Gasteiger partial charge in [0.15, 0.2) is 0 Å². The third kappa shape index (κ3) is 3.52. The van der Waals surface area contributed by atoms with Crippen molar-refractivity contribution in [2.24, 2.45) is 12.8 Å². The van der Waals surface area contributed by atoms with E-state index in [1.54, 1.807) is 23.6 Å². The monoisotopic (exact) mass is 277 g/mol. The minimum atomic E-state index is 0.0392. The summed E-state index contributed by atoms with van der Waals surface area (Å²) in [7, 11) is 3.59. The van der Waals surface area contributed by atoms with Crippen molar-refractivity contribution < 1.29 is 4.74 Å². The zero-order valence-corrected chi connectivity index (χ0v) is 12.2. The van der Waals surface area contributed by atoms with Gasteiger partial charge in [-0.15, -0.1) is 11.8 Å². The number of thioether (sulfide) groups is 1. The predicted octanol–water partition coefficient (Wildman–Crippen LogP) is 2.61. The van der Waals surface area contributed by atoms with Crippen LogP contribution in [-0.2, 0) is 7.05 Å². The maximum absolute atomic E-state index is 6.13. The molecule has 1 aromatic heterocycles. The van der Waals surface area contributed by atoms with Crippen LogP contribution in [0.2, 0.25) is 0 Å². The highest BCUT2D eigenvalue weighted by atomic mass is 32.2. The number of nitrogens with two attached hydrogens (primary N) is 1. The summed E-state index contributed by atoms with van der Waals surface area (Å²) in [5.41, 5.74) is 7.30. The number of methoxy groups -OCH3 is 1. The molecule has 2 unspecified atom stereocenters. The van der Waals surface area contributed by atoms with Crippen molar-refractivity contribution in [3.63, 3.8) is 0 Å². The first-order valence-electron chi connectivity index (χ1n) is 6.15. The maximum Gasteiger partial charge on any atom is 0.119 e. The molecule has 0 fully saturated rings. The maximum atomic E-state index is 6.13. The standard InChI is InChI=1S/C14H19N3OS/c1-10(15)14(19-13-8-16-17(2)9-13)11-5-4-6-12(7-11)18-3/h4-10,14H,15H2,1-3H3. The molecule has 5 heteroatoms. The molecule has 4 nitrogen and oxygen atoms in total. The molecule has 102 valence electrons. The summed E-state index contributed by atoms with van der Waals surface area (Å²) in [6.45, 7) is 2.02.